The molecule has 2 aromatic rings. The minimum Gasteiger partial charge on any atom is -0.369 e. The zero-order valence-electron chi connectivity index (χ0n) is 13.5. The van der Waals surface area contributed by atoms with Gasteiger partial charge in [0.2, 0.25) is 5.91 Å². The standard InChI is InChI=1S/C18H17N5O/c1-4-18(24)22-16-8-15(10-20-11-16)13-5-6-17(14(7-13)9-19)21-12-23(2)3/h4-8,10-12H,1H2,2-3H3,(H,22,24)/b21-12+. The number of carbonyl (C=O) groups excluding carboxylic acids is 1. The van der Waals surface area contributed by atoms with Gasteiger partial charge in [0.1, 0.15) is 6.07 Å². The molecule has 0 saturated carbocycles. The molecule has 0 spiro atoms. The van der Waals surface area contributed by atoms with Gasteiger partial charge in [0.05, 0.1) is 29.5 Å². The summed E-state index contributed by atoms with van der Waals surface area (Å²) in [5.41, 5.74) is 3.23. The van der Waals surface area contributed by atoms with Gasteiger partial charge in [-0.3, -0.25) is 9.78 Å². The van der Waals surface area contributed by atoms with Gasteiger partial charge >= 0.3 is 0 Å². The maximum atomic E-state index is 11.4. The molecule has 0 aliphatic rings. The van der Waals surface area contributed by atoms with E-state index in [2.05, 4.69) is 27.9 Å². The van der Waals surface area contributed by atoms with E-state index in [1.54, 1.807) is 41.8 Å². The quantitative estimate of drug-likeness (QED) is 0.522. The Bertz CT molecular complexity index is 834. The summed E-state index contributed by atoms with van der Waals surface area (Å²) in [6, 6.07) is 9.32. The van der Waals surface area contributed by atoms with Crippen molar-refractivity contribution in [3.05, 3.63) is 54.9 Å². The van der Waals surface area contributed by atoms with Crippen LogP contribution in [0.2, 0.25) is 0 Å². The lowest BCUT2D eigenvalue weighted by Crippen LogP contribution is -2.07. The third kappa shape index (κ3) is 4.27. The zero-order valence-corrected chi connectivity index (χ0v) is 13.5. The van der Waals surface area contributed by atoms with E-state index in [4.69, 9.17) is 0 Å². The minimum absolute atomic E-state index is 0.306. The first-order chi connectivity index (χ1) is 11.5. The molecule has 120 valence electrons. The molecule has 0 aliphatic heterocycles. The van der Waals surface area contributed by atoms with Gasteiger partial charge in [-0.05, 0) is 29.8 Å². The van der Waals surface area contributed by atoms with Crippen molar-refractivity contribution >= 4 is 23.6 Å². The summed E-state index contributed by atoms with van der Waals surface area (Å²) in [6.07, 6.45) is 6.05. The van der Waals surface area contributed by atoms with Crippen LogP contribution in [0.5, 0.6) is 0 Å². The van der Waals surface area contributed by atoms with Gasteiger partial charge in [0, 0.05) is 25.9 Å². The highest BCUT2D eigenvalue weighted by atomic mass is 16.1. The van der Waals surface area contributed by atoms with Gasteiger partial charge < -0.3 is 10.2 Å². The molecule has 1 amide bonds. The number of amides is 1. The molecule has 1 aromatic carbocycles. The summed E-state index contributed by atoms with van der Waals surface area (Å²) >= 11 is 0. The molecule has 1 heterocycles. The number of pyridine rings is 1. The Hall–Kier alpha value is -3.46. The number of nitrogens with zero attached hydrogens (tertiary/aromatic N) is 4. The highest BCUT2D eigenvalue weighted by molar-refractivity contribution is 5.99. The predicted molar refractivity (Wildman–Crippen MR) is 95.1 cm³/mol. The van der Waals surface area contributed by atoms with E-state index in [1.165, 1.54) is 6.08 Å². The number of rotatable bonds is 5. The number of benzene rings is 1. The number of carbonyl (C=O) groups is 1. The molecule has 24 heavy (non-hydrogen) atoms. The number of nitriles is 1. The van der Waals surface area contributed by atoms with Crippen molar-refractivity contribution in [1.29, 1.82) is 5.26 Å². The van der Waals surface area contributed by atoms with Gasteiger partial charge in [-0.2, -0.15) is 5.26 Å². The number of aliphatic imine (C=N–C) groups is 1. The predicted octanol–water partition coefficient (Wildman–Crippen LogP) is 2.97. The Morgan fingerprint density at radius 3 is 2.79 bits per heavy atom. The van der Waals surface area contributed by atoms with Crippen molar-refractivity contribution in [2.24, 2.45) is 4.99 Å². The van der Waals surface area contributed by atoms with Crippen LogP contribution in [-0.2, 0) is 4.79 Å². The topological polar surface area (TPSA) is 81.4 Å². The Labute approximate surface area is 140 Å². The number of anilines is 1. The fraction of sp³-hybridized carbons (Fsp3) is 0.111. The molecule has 6 heteroatoms. The van der Waals surface area contributed by atoms with Crippen molar-refractivity contribution in [1.82, 2.24) is 9.88 Å². The SMILES string of the molecule is C=CC(=O)Nc1cncc(-c2ccc(/N=C/N(C)C)c(C#N)c2)c1. The average Bonchev–Trinajstić information content (AvgIpc) is 2.59. The van der Waals surface area contributed by atoms with E-state index in [9.17, 15) is 10.1 Å². The number of nitrogens with one attached hydrogen (secondary N) is 1. The van der Waals surface area contributed by atoms with Crippen molar-refractivity contribution in [2.45, 2.75) is 0 Å². The molecular formula is C18H17N5O. The lowest BCUT2D eigenvalue weighted by molar-refractivity contribution is -0.111. The van der Waals surface area contributed by atoms with E-state index < -0.39 is 0 Å². The van der Waals surface area contributed by atoms with Gasteiger partial charge in [-0.15, -0.1) is 0 Å². The van der Waals surface area contributed by atoms with Gasteiger partial charge in [0.15, 0.2) is 0 Å². The molecule has 0 fully saturated rings. The Morgan fingerprint density at radius 2 is 2.12 bits per heavy atom. The molecular weight excluding hydrogens is 302 g/mol. The third-order valence-corrected chi connectivity index (χ3v) is 3.07. The Balaban J connectivity index is 2.36. The maximum absolute atomic E-state index is 11.4. The van der Waals surface area contributed by atoms with Crippen LogP contribution in [0, 0.1) is 11.3 Å². The molecule has 0 saturated heterocycles. The lowest BCUT2D eigenvalue weighted by Gasteiger charge is -2.08. The first kappa shape index (κ1) is 16.9. The summed E-state index contributed by atoms with van der Waals surface area (Å²) in [5.74, 6) is -0.306. The van der Waals surface area contributed by atoms with Gasteiger partial charge in [-0.25, -0.2) is 4.99 Å². The molecule has 2 rings (SSSR count). The van der Waals surface area contributed by atoms with Crippen LogP contribution >= 0.6 is 0 Å². The summed E-state index contributed by atoms with van der Waals surface area (Å²) in [4.78, 5) is 21.6. The summed E-state index contributed by atoms with van der Waals surface area (Å²) in [7, 11) is 3.72. The second-order valence-corrected chi connectivity index (χ2v) is 5.21. The zero-order chi connectivity index (χ0) is 17.5. The Morgan fingerprint density at radius 1 is 1.33 bits per heavy atom. The average molecular weight is 319 g/mol. The molecule has 0 atom stereocenters. The molecule has 1 aromatic heterocycles. The lowest BCUT2D eigenvalue weighted by atomic mass is 10.0. The fourth-order valence-corrected chi connectivity index (χ4v) is 1.95. The van der Waals surface area contributed by atoms with Crippen LogP contribution in [0.25, 0.3) is 11.1 Å². The van der Waals surface area contributed by atoms with E-state index in [1.807, 2.05) is 20.2 Å². The number of hydrogen-bond acceptors (Lipinski definition) is 4. The van der Waals surface area contributed by atoms with Crippen molar-refractivity contribution < 1.29 is 4.79 Å². The number of hydrogen-bond donors (Lipinski definition) is 1. The summed E-state index contributed by atoms with van der Waals surface area (Å²) < 4.78 is 0. The number of aromatic nitrogens is 1. The van der Waals surface area contributed by atoms with E-state index in [0.29, 0.717) is 16.9 Å². The van der Waals surface area contributed by atoms with Crippen molar-refractivity contribution in [3.63, 3.8) is 0 Å². The Kier molecular flexibility index (Phi) is 5.42. The van der Waals surface area contributed by atoms with Crippen LogP contribution in [-0.4, -0.2) is 36.2 Å². The highest BCUT2D eigenvalue weighted by Crippen LogP contribution is 2.27. The maximum Gasteiger partial charge on any atom is 0.247 e. The van der Waals surface area contributed by atoms with Gasteiger partial charge in [-0.1, -0.05) is 12.6 Å². The van der Waals surface area contributed by atoms with Crippen LogP contribution in [0.15, 0.2) is 54.3 Å². The second-order valence-electron chi connectivity index (χ2n) is 5.21. The molecule has 0 aliphatic carbocycles. The third-order valence-electron chi connectivity index (χ3n) is 3.07. The van der Waals surface area contributed by atoms with Crippen LogP contribution < -0.4 is 5.32 Å². The molecule has 0 bridgehead atoms. The van der Waals surface area contributed by atoms with Gasteiger partial charge in [0.25, 0.3) is 0 Å². The molecule has 0 unspecified atom stereocenters. The van der Waals surface area contributed by atoms with E-state index >= 15 is 0 Å². The summed E-state index contributed by atoms with van der Waals surface area (Å²) in [5, 5.41) is 12.0. The van der Waals surface area contributed by atoms with Crippen LogP contribution in [0.3, 0.4) is 0 Å². The van der Waals surface area contributed by atoms with Crippen LogP contribution in [0.4, 0.5) is 11.4 Å². The fourth-order valence-electron chi connectivity index (χ4n) is 1.95. The van der Waals surface area contributed by atoms with Crippen molar-refractivity contribution in [2.75, 3.05) is 19.4 Å². The highest BCUT2D eigenvalue weighted by Gasteiger charge is 2.06. The molecule has 1 N–H and O–H groups in total. The van der Waals surface area contributed by atoms with E-state index in [0.717, 1.165) is 11.1 Å². The van der Waals surface area contributed by atoms with Crippen LogP contribution in [0.1, 0.15) is 5.56 Å². The van der Waals surface area contributed by atoms with E-state index in [-0.39, 0.29) is 5.91 Å². The second kappa shape index (κ2) is 7.70. The monoisotopic (exact) mass is 319 g/mol. The van der Waals surface area contributed by atoms with Crippen molar-refractivity contribution in [3.8, 4) is 17.2 Å². The normalized spacial score (nSPS) is 10.2. The molecule has 6 nitrogen and oxygen atoms in total. The summed E-state index contributed by atoms with van der Waals surface area (Å²) in [6.45, 7) is 3.41. The minimum atomic E-state index is -0.306. The largest absolute Gasteiger partial charge is 0.369 e. The smallest absolute Gasteiger partial charge is 0.247 e. The first-order valence-corrected chi connectivity index (χ1v) is 7.17. The first-order valence-electron chi connectivity index (χ1n) is 7.17. The molecule has 0 radical (unpaired) electrons.